The minimum Gasteiger partial charge on any atom is -0.354 e. The Morgan fingerprint density at radius 1 is 0.893 bits per heavy atom. The molecule has 1 N–H and O–H groups in total. The van der Waals surface area contributed by atoms with Crippen molar-refractivity contribution in [3.63, 3.8) is 0 Å². The van der Waals surface area contributed by atoms with Gasteiger partial charge in [-0.05, 0) is 68.1 Å². The number of aromatic amines is 1. The fraction of sp³-hybridized carbons (Fsp3) is 0.125. The highest BCUT2D eigenvalue weighted by Gasteiger charge is 2.13. The van der Waals surface area contributed by atoms with Gasteiger partial charge in [0.25, 0.3) is 0 Å². The molecule has 138 valence electrons. The molecule has 0 saturated heterocycles. The van der Waals surface area contributed by atoms with Crippen molar-refractivity contribution in [2.45, 2.75) is 13.8 Å². The number of hydrogen-bond acceptors (Lipinski definition) is 2. The van der Waals surface area contributed by atoms with Crippen LogP contribution in [-0.2, 0) is 7.05 Å². The number of nitrogens with one attached hydrogen (secondary N) is 1. The van der Waals surface area contributed by atoms with Crippen LogP contribution < -0.4 is 4.57 Å². The lowest BCUT2D eigenvalue weighted by Crippen LogP contribution is -2.29. The van der Waals surface area contributed by atoms with E-state index in [-0.39, 0.29) is 0 Å². The van der Waals surface area contributed by atoms with Gasteiger partial charge in [0.05, 0.1) is 23.3 Å². The monoisotopic (exact) mass is 367 g/mol. The van der Waals surface area contributed by atoms with Crippen molar-refractivity contribution in [3.8, 4) is 0 Å². The summed E-state index contributed by atoms with van der Waals surface area (Å²) >= 11 is 0. The van der Waals surface area contributed by atoms with Gasteiger partial charge in [-0.15, -0.1) is 0 Å². The van der Waals surface area contributed by atoms with Crippen LogP contribution in [0.25, 0.3) is 27.9 Å². The topological polar surface area (TPSA) is 44.4 Å². The van der Waals surface area contributed by atoms with Crippen LogP contribution in [0.2, 0.25) is 0 Å². The number of H-pyrrole nitrogens is 1. The maximum absolute atomic E-state index is 4.70. The largest absolute Gasteiger partial charge is 0.354 e. The van der Waals surface area contributed by atoms with E-state index in [1.165, 1.54) is 21.9 Å². The van der Waals surface area contributed by atoms with Crippen LogP contribution in [0.3, 0.4) is 0 Å². The van der Waals surface area contributed by atoms with Crippen molar-refractivity contribution >= 4 is 52.2 Å². The molecule has 0 bridgehead atoms. The first kappa shape index (κ1) is 17.9. The molecule has 0 spiro atoms. The van der Waals surface area contributed by atoms with Gasteiger partial charge in [0, 0.05) is 28.6 Å². The van der Waals surface area contributed by atoms with Crippen LogP contribution in [-0.4, -0.2) is 17.9 Å². The maximum Gasteiger partial charge on any atom is 0.214 e. The summed E-state index contributed by atoms with van der Waals surface area (Å²) in [6, 6.07) is 14.6. The lowest BCUT2D eigenvalue weighted by atomic mass is 10.1. The molecular formula is C24H23N4+. The van der Waals surface area contributed by atoms with Gasteiger partial charge in [0.1, 0.15) is 7.05 Å². The first-order chi connectivity index (χ1) is 13.5. The molecule has 4 nitrogen and oxygen atoms in total. The average Bonchev–Trinajstić information content (AvgIpc) is 3.00. The lowest BCUT2D eigenvalue weighted by Gasteiger charge is -2.04. The molecular weight excluding hydrogens is 344 g/mol. The first-order valence-electron chi connectivity index (χ1n) is 9.21. The van der Waals surface area contributed by atoms with Gasteiger partial charge in [-0.25, -0.2) is 0 Å². The standard InChI is InChI=1S/C24H22N4/c1-6-21-15(2)16(3)22(27-21)14-26-20-10-8-18-11-17-7-9-19(25-4)12-23(17)28(5)24(18)13-20/h6-14H,1,4H2,2-3,5H3/p+1. The van der Waals surface area contributed by atoms with Gasteiger partial charge in [0.2, 0.25) is 11.0 Å². The number of aryl methyl sites for hydroxylation is 1. The molecule has 2 aromatic heterocycles. The van der Waals surface area contributed by atoms with Crippen LogP contribution in [0.15, 0.2) is 59.0 Å². The number of aromatic nitrogens is 2. The molecule has 2 heterocycles. The number of nitrogens with zero attached hydrogens (tertiary/aromatic N) is 3. The minimum atomic E-state index is 0.868. The molecule has 0 unspecified atom stereocenters. The molecule has 2 aromatic carbocycles. The van der Waals surface area contributed by atoms with E-state index in [0.717, 1.165) is 33.8 Å². The molecule has 0 radical (unpaired) electrons. The highest BCUT2D eigenvalue weighted by atomic mass is 14.9. The molecule has 0 saturated carbocycles. The molecule has 0 aliphatic carbocycles. The first-order valence-corrected chi connectivity index (χ1v) is 9.21. The second-order valence-electron chi connectivity index (χ2n) is 7.01. The molecule has 0 aliphatic rings. The number of pyridine rings is 1. The Balaban J connectivity index is 1.80. The van der Waals surface area contributed by atoms with Crippen molar-refractivity contribution in [1.82, 2.24) is 4.98 Å². The fourth-order valence-electron chi connectivity index (χ4n) is 3.57. The van der Waals surface area contributed by atoms with Crippen LogP contribution >= 0.6 is 0 Å². The summed E-state index contributed by atoms with van der Waals surface area (Å²) in [6.45, 7) is 11.7. The van der Waals surface area contributed by atoms with Gasteiger partial charge in [0.15, 0.2) is 0 Å². The number of benzene rings is 2. The normalized spacial score (nSPS) is 11.5. The number of aliphatic imine (C=N–C) groups is 2. The maximum atomic E-state index is 4.70. The number of fused-ring (bicyclic) bond motifs is 2. The summed E-state index contributed by atoms with van der Waals surface area (Å²) in [6.07, 6.45) is 3.73. The summed E-state index contributed by atoms with van der Waals surface area (Å²) in [5.41, 5.74) is 8.47. The summed E-state index contributed by atoms with van der Waals surface area (Å²) < 4.78 is 2.18. The zero-order valence-electron chi connectivity index (χ0n) is 16.5. The minimum absolute atomic E-state index is 0.868. The van der Waals surface area contributed by atoms with E-state index in [1.54, 1.807) is 0 Å². The third-order valence-corrected chi connectivity index (χ3v) is 5.43. The molecule has 0 aliphatic heterocycles. The van der Waals surface area contributed by atoms with Crippen LogP contribution in [0.4, 0.5) is 11.4 Å². The second-order valence-corrected chi connectivity index (χ2v) is 7.01. The zero-order valence-corrected chi connectivity index (χ0v) is 16.5. The highest BCUT2D eigenvalue weighted by molar-refractivity contribution is 5.92. The Bertz CT molecular complexity index is 1280. The van der Waals surface area contributed by atoms with E-state index in [0.29, 0.717) is 0 Å². The van der Waals surface area contributed by atoms with Crippen LogP contribution in [0.1, 0.15) is 22.5 Å². The lowest BCUT2D eigenvalue weighted by molar-refractivity contribution is -0.617. The average molecular weight is 367 g/mol. The van der Waals surface area contributed by atoms with Crippen LogP contribution in [0, 0.1) is 13.8 Å². The third kappa shape index (κ3) is 2.93. The highest BCUT2D eigenvalue weighted by Crippen LogP contribution is 2.25. The Morgan fingerprint density at radius 3 is 2.11 bits per heavy atom. The SMILES string of the molecule is C=Cc1[nH]c(C=Nc2ccc3cc4ccc(N=C)cc4[n+](C)c3c2)c(C)c1C. The molecule has 4 aromatic rings. The van der Waals surface area contributed by atoms with Gasteiger partial charge in [-0.3, -0.25) is 9.98 Å². The Hall–Kier alpha value is -3.53. The van der Waals surface area contributed by atoms with Crippen LogP contribution in [0.5, 0.6) is 0 Å². The third-order valence-electron chi connectivity index (χ3n) is 5.43. The molecule has 0 amide bonds. The predicted molar refractivity (Wildman–Crippen MR) is 119 cm³/mol. The zero-order chi connectivity index (χ0) is 19.8. The summed E-state index contributed by atoms with van der Waals surface area (Å²) in [4.78, 5) is 12.1. The van der Waals surface area contributed by atoms with Crippen molar-refractivity contribution < 1.29 is 4.57 Å². The molecule has 0 fully saturated rings. The Morgan fingerprint density at radius 2 is 1.50 bits per heavy atom. The quantitative estimate of drug-likeness (QED) is 0.282. The van der Waals surface area contributed by atoms with E-state index in [9.17, 15) is 0 Å². The second kappa shape index (κ2) is 6.89. The fourth-order valence-corrected chi connectivity index (χ4v) is 3.57. The molecule has 4 heteroatoms. The van der Waals surface area contributed by atoms with E-state index in [2.05, 4.69) is 79.1 Å². The molecule has 4 rings (SSSR count). The van der Waals surface area contributed by atoms with Gasteiger partial charge < -0.3 is 4.98 Å². The number of hydrogen-bond donors (Lipinski definition) is 1. The predicted octanol–water partition coefficient (Wildman–Crippen LogP) is 5.49. The summed E-state index contributed by atoms with van der Waals surface area (Å²) in [5.74, 6) is 0. The summed E-state index contributed by atoms with van der Waals surface area (Å²) in [7, 11) is 2.07. The smallest absolute Gasteiger partial charge is 0.214 e. The number of rotatable bonds is 4. The Kier molecular flexibility index (Phi) is 4.40. The summed E-state index contributed by atoms with van der Waals surface area (Å²) in [5, 5.41) is 2.35. The van der Waals surface area contributed by atoms with E-state index in [4.69, 9.17) is 4.99 Å². The Labute approximate surface area is 164 Å². The van der Waals surface area contributed by atoms with E-state index in [1.807, 2.05) is 24.4 Å². The van der Waals surface area contributed by atoms with Crippen molar-refractivity contribution in [2.75, 3.05) is 0 Å². The van der Waals surface area contributed by atoms with Gasteiger partial charge in [-0.1, -0.05) is 6.58 Å². The van der Waals surface area contributed by atoms with E-state index < -0.39 is 0 Å². The van der Waals surface area contributed by atoms with Crippen molar-refractivity contribution in [3.05, 3.63) is 71.6 Å². The van der Waals surface area contributed by atoms with E-state index >= 15 is 0 Å². The molecule has 28 heavy (non-hydrogen) atoms. The molecule has 0 atom stereocenters. The van der Waals surface area contributed by atoms with Crippen molar-refractivity contribution in [2.24, 2.45) is 17.0 Å². The van der Waals surface area contributed by atoms with Gasteiger partial charge in [-0.2, -0.15) is 4.57 Å². The van der Waals surface area contributed by atoms with Gasteiger partial charge >= 0.3 is 0 Å². The van der Waals surface area contributed by atoms with Crippen molar-refractivity contribution in [1.29, 1.82) is 0 Å².